The van der Waals surface area contributed by atoms with Crippen LogP contribution in [0.4, 0.5) is 11.5 Å². The van der Waals surface area contributed by atoms with Crippen molar-refractivity contribution < 1.29 is 9.84 Å². The molecule has 1 aromatic heterocycles. The van der Waals surface area contributed by atoms with Gasteiger partial charge in [-0.15, -0.1) is 0 Å². The van der Waals surface area contributed by atoms with Crippen LogP contribution >= 0.6 is 0 Å². The SMILES string of the molecule is Cc1ccnc(N2CC(CO)OCC2C)c1N. The molecule has 0 spiro atoms. The van der Waals surface area contributed by atoms with Crippen molar-refractivity contribution in [2.24, 2.45) is 0 Å². The van der Waals surface area contributed by atoms with Crippen molar-refractivity contribution in [3.8, 4) is 0 Å². The van der Waals surface area contributed by atoms with E-state index in [2.05, 4.69) is 16.8 Å². The molecule has 1 aromatic rings. The average Bonchev–Trinajstić information content (AvgIpc) is 2.34. The molecule has 17 heavy (non-hydrogen) atoms. The maximum absolute atomic E-state index is 9.16. The summed E-state index contributed by atoms with van der Waals surface area (Å²) < 4.78 is 5.50. The average molecular weight is 237 g/mol. The van der Waals surface area contributed by atoms with Gasteiger partial charge in [0.25, 0.3) is 0 Å². The molecule has 0 aromatic carbocycles. The van der Waals surface area contributed by atoms with E-state index in [9.17, 15) is 0 Å². The van der Waals surface area contributed by atoms with E-state index in [1.54, 1.807) is 6.20 Å². The van der Waals surface area contributed by atoms with E-state index in [1.165, 1.54) is 0 Å². The second-order valence-electron chi connectivity index (χ2n) is 4.50. The summed E-state index contributed by atoms with van der Waals surface area (Å²) in [5.41, 5.74) is 7.78. The molecule has 2 rings (SSSR count). The third kappa shape index (κ3) is 2.35. The Morgan fingerprint density at radius 3 is 3.12 bits per heavy atom. The lowest BCUT2D eigenvalue weighted by Gasteiger charge is -2.38. The molecule has 1 fully saturated rings. The number of aliphatic hydroxyl groups excluding tert-OH is 1. The highest BCUT2D eigenvalue weighted by molar-refractivity contribution is 5.66. The number of hydrogen-bond acceptors (Lipinski definition) is 5. The van der Waals surface area contributed by atoms with Gasteiger partial charge in [-0.1, -0.05) is 0 Å². The Kier molecular flexibility index (Phi) is 3.49. The number of aliphatic hydroxyl groups is 1. The topological polar surface area (TPSA) is 71.6 Å². The fraction of sp³-hybridized carbons (Fsp3) is 0.583. The van der Waals surface area contributed by atoms with Gasteiger partial charge in [0.2, 0.25) is 0 Å². The Hall–Kier alpha value is -1.33. The predicted molar refractivity (Wildman–Crippen MR) is 67.0 cm³/mol. The monoisotopic (exact) mass is 237 g/mol. The molecule has 1 aliphatic rings. The van der Waals surface area contributed by atoms with Gasteiger partial charge < -0.3 is 20.5 Å². The summed E-state index contributed by atoms with van der Waals surface area (Å²) in [6.07, 6.45) is 1.60. The van der Waals surface area contributed by atoms with Crippen LogP contribution in [0, 0.1) is 6.92 Å². The lowest BCUT2D eigenvalue weighted by Crippen LogP contribution is -2.50. The number of anilines is 2. The van der Waals surface area contributed by atoms with Crippen LogP contribution in [-0.4, -0.2) is 42.0 Å². The van der Waals surface area contributed by atoms with Crippen molar-refractivity contribution in [2.75, 3.05) is 30.4 Å². The van der Waals surface area contributed by atoms with Gasteiger partial charge in [-0.25, -0.2) is 4.98 Å². The largest absolute Gasteiger partial charge is 0.396 e. The molecule has 1 saturated heterocycles. The summed E-state index contributed by atoms with van der Waals surface area (Å²) in [5.74, 6) is 0.791. The van der Waals surface area contributed by atoms with Gasteiger partial charge in [-0.3, -0.25) is 0 Å². The van der Waals surface area contributed by atoms with Gasteiger partial charge in [-0.2, -0.15) is 0 Å². The molecule has 0 radical (unpaired) electrons. The molecule has 1 aliphatic heterocycles. The van der Waals surface area contributed by atoms with E-state index < -0.39 is 0 Å². The van der Waals surface area contributed by atoms with Gasteiger partial charge in [0.05, 0.1) is 31.0 Å². The zero-order chi connectivity index (χ0) is 12.4. The van der Waals surface area contributed by atoms with Crippen molar-refractivity contribution in [3.05, 3.63) is 17.8 Å². The van der Waals surface area contributed by atoms with Crippen LogP contribution in [0.15, 0.2) is 12.3 Å². The number of aromatic nitrogens is 1. The first-order valence-corrected chi connectivity index (χ1v) is 5.83. The van der Waals surface area contributed by atoms with E-state index in [0.717, 1.165) is 11.4 Å². The van der Waals surface area contributed by atoms with Gasteiger partial charge in [0, 0.05) is 12.7 Å². The molecule has 2 heterocycles. The Morgan fingerprint density at radius 1 is 1.65 bits per heavy atom. The molecular formula is C12H19N3O2. The molecule has 2 unspecified atom stereocenters. The highest BCUT2D eigenvalue weighted by Crippen LogP contribution is 2.27. The number of rotatable bonds is 2. The van der Waals surface area contributed by atoms with Crippen LogP contribution in [0.1, 0.15) is 12.5 Å². The molecule has 0 amide bonds. The summed E-state index contributed by atoms with van der Waals surface area (Å²) in [6.45, 7) is 5.26. The molecule has 0 bridgehead atoms. The molecule has 94 valence electrons. The predicted octanol–water partition coefficient (Wildman–Crippen LogP) is 0.558. The number of nitrogens with zero attached hydrogens (tertiary/aromatic N) is 2. The van der Waals surface area contributed by atoms with Crippen molar-refractivity contribution in [3.63, 3.8) is 0 Å². The molecular weight excluding hydrogens is 218 g/mol. The van der Waals surface area contributed by atoms with Gasteiger partial charge in [-0.05, 0) is 25.5 Å². The first-order valence-electron chi connectivity index (χ1n) is 5.83. The molecule has 5 heteroatoms. The standard InChI is InChI=1S/C12H19N3O2/c1-8-3-4-14-12(11(8)13)15-5-10(6-16)17-7-9(15)2/h3-4,9-10,16H,5-7,13H2,1-2H3. The van der Waals surface area contributed by atoms with E-state index in [4.69, 9.17) is 15.6 Å². The molecule has 5 nitrogen and oxygen atoms in total. The van der Waals surface area contributed by atoms with E-state index in [1.807, 2.05) is 13.0 Å². The minimum Gasteiger partial charge on any atom is -0.396 e. The summed E-state index contributed by atoms with van der Waals surface area (Å²) in [4.78, 5) is 6.45. The maximum Gasteiger partial charge on any atom is 0.152 e. The number of ether oxygens (including phenoxy) is 1. The third-order valence-corrected chi connectivity index (χ3v) is 3.17. The summed E-state index contributed by atoms with van der Waals surface area (Å²) in [7, 11) is 0. The van der Waals surface area contributed by atoms with Crippen LogP contribution in [0.5, 0.6) is 0 Å². The number of pyridine rings is 1. The molecule has 2 atom stereocenters. The number of nitrogen functional groups attached to an aromatic ring is 1. The zero-order valence-electron chi connectivity index (χ0n) is 10.3. The number of hydrogen-bond donors (Lipinski definition) is 2. The van der Waals surface area contributed by atoms with E-state index in [-0.39, 0.29) is 18.8 Å². The highest BCUT2D eigenvalue weighted by Gasteiger charge is 2.27. The smallest absolute Gasteiger partial charge is 0.152 e. The van der Waals surface area contributed by atoms with Crippen LogP contribution in [0.3, 0.4) is 0 Å². The van der Waals surface area contributed by atoms with Crippen LogP contribution in [0.2, 0.25) is 0 Å². The van der Waals surface area contributed by atoms with Crippen molar-refractivity contribution >= 4 is 11.5 Å². The zero-order valence-corrected chi connectivity index (χ0v) is 10.3. The number of morpholine rings is 1. The maximum atomic E-state index is 9.16. The molecule has 3 N–H and O–H groups in total. The van der Waals surface area contributed by atoms with Crippen LogP contribution in [0.25, 0.3) is 0 Å². The normalized spacial score (nSPS) is 25.0. The van der Waals surface area contributed by atoms with Crippen LogP contribution in [-0.2, 0) is 4.74 Å². The van der Waals surface area contributed by atoms with Crippen molar-refractivity contribution in [1.82, 2.24) is 4.98 Å². The van der Waals surface area contributed by atoms with E-state index >= 15 is 0 Å². The minimum atomic E-state index is -0.159. The van der Waals surface area contributed by atoms with Crippen LogP contribution < -0.4 is 10.6 Å². The van der Waals surface area contributed by atoms with Gasteiger partial charge in [0.1, 0.15) is 0 Å². The van der Waals surface area contributed by atoms with Gasteiger partial charge in [0.15, 0.2) is 5.82 Å². The quantitative estimate of drug-likeness (QED) is 0.786. The second-order valence-corrected chi connectivity index (χ2v) is 4.50. The third-order valence-electron chi connectivity index (χ3n) is 3.17. The summed E-state index contributed by atoms with van der Waals surface area (Å²) >= 11 is 0. The molecule has 0 saturated carbocycles. The summed E-state index contributed by atoms with van der Waals surface area (Å²) in [6, 6.07) is 2.11. The highest BCUT2D eigenvalue weighted by atomic mass is 16.5. The van der Waals surface area contributed by atoms with E-state index in [0.29, 0.717) is 18.8 Å². The fourth-order valence-electron chi connectivity index (χ4n) is 2.01. The minimum absolute atomic E-state index is 0.0228. The Bertz CT molecular complexity index is 397. The number of aryl methyl sites for hydroxylation is 1. The lowest BCUT2D eigenvalue weighted by atomic mass is 10.1. The first kappa shape index (κ1) is 12.1. The first-order chi connectivity index (χ1) is 8.13. The second kappa shape index (κ2) is 4.89. The lowest BCUT2D eigenvalue weighted by molar-refractivity contribution is -0.0105. The Labute approximate surface area is 101 Å². The van der Waals surface area contributed by atoms with Crippen molar-refractivity contribution in [1.29, 1.82) is 0 Å². The summed E-state index contributed by atoms with van der Waals surface area (Å²) in [5, 5.41) is 9.16. The van der Waals surface area contributed by atoms with Gasteiger partial charge >= 0.3 is 0 Å². The Balaban J connectivity index is 2.27. The number of nitrogens with two attached hydrogens (primary N) is 1. The fourth-order valence-corrected chi connectivity index (χ4v) is 2.01. The van der Waals surface area contributed by atoms with Crippen molar-refractivity contribution in [2.45, 2.75) is 26.0 Å². The Morgan fingerprint density at radius 2 is 2.41 bits per heavy atom. The molecule has 0 aliphatic carbocycles.